The third-order valence-corrected chi connectivity index (χ3v) is 5.38. The van der Waals surface area contributed by atoms with Gasteiger partial charge in [0.1, 0.15) is 5.69 Å². The first-order valence-corrected chi connectivity index (χ1v) is 9.73. The van der Waals surface area contributed by atoms with Crippen molar-refractivity contribution in [1.29, 1.82) is 0 Å². The predicted octanol–water partition coefficient (Wildman–Crippen LogP) is 5.49. The Morgan fingerprint density at radius 1 is 1.10 bits per heavy atom. The van der Waals surface area contributed by atoms with Gasteiger partial charge < -0.3 is 5.32 Å². The van der Waals surface area contributed by atoms with Gasteiger partial charge in [0.2, 0.25) is 0 Å². The molecule has 1 N–H and O–H groups in total. The van der Waals surface area contributed by atoms with Crippen LogP contribution in [0.3, 0.4) is 0 Å². The molecule has 0 spiro atoms. The summed E-state index contributed by atoms with van der Waals surface area (Å²) in [7, 11) is 0. The van der Waals surface area contributed by atoms with Crippen molar-refractivity contribution in [3.63, 3.8) is 0 Å². The summed E-state index contributed by atoms with van der Waals surface area (Å²) in [5.41, 5.74) is 1.21. The normalized spacial score (nSPS) is 17.4. The highest BCUT2D eigenvalue weighted by Crippen LogP contribution is 2.35. The summed E-state index contributed by atoms with van der Waals surface area (Å²) in [4.78, 5) is 17.4. The van der Waals surface area contributed by atoms with Crippen molar-refractivity contribution in [1.82, 2.24) is 10.3 Å². The zero-order valence-corrected chi connectivity index (χ0v) is 15.8. The lowest BCUT2D eigenvalue weighted by Gasteiger charge is -2.22. The van der Waals surface area contributed by atoms with Crippen molar-refractivity contribution in [2.45, 2.75) is 25.4 Å². The van der Waals surface area contributed by atoms with Gasteiger partial charge in [-0.15, -0.1) is 0 Å². The molecule has 0 radical (unpaired) electrons. The third kappa shape index (κ3) is 4.32. The molecule has 6 heteroatoms. The van der Waals surface area contributed by atoms with E-state index in [1.807, 2.05) is 18.2 Å². The van der Waals surface area contributed by atoms with Crippen LogP contribution in [0.4, 0.5) is 13.2 Å². The molecule has 1 aliphatic rings. The quantitative estimate of drug-likeness (QED) is 0.591. The molecule has 2 aromatic carbocycles. The van der Waals surface area contributed by atoms with Crippen LogP contribution >= 0.6 is 0 Å². The molecule has 29 heavy (non-hydrogen) atoms. The fourth-order valence-electron chi connectivity index (χ4n) is 3.89. The molecule has 1 atom stereocenters. The second-order valence-electron chi connectivity index (χ2n) is 7.49. The molecular weight excluding hydrogens is 377 g/mol. The standard InChI is InChI=1S/C23H21F3N2O/c24-23(25,26)17-7-3-6-16(12-17)19-13-21(28-20-9-2-1-8-18(19)20)22(29)11-15-5-4-10-27-14-15/h1-3,6-9,12-13,15,27H,4-5,10-11,14H2. The van der Waals surface area contributed by atoms with Crippen LogP contribution in [-0.4, -0.2) is 23.9 Å². The number of carbonyl (C=O) groups is 1. The number of nitrogens with zero attached hydrogens (tertiary/aromatic N) is 1. The number of alkyl halides is 3. The Morgan fingerprint density at radius 3 is 2.69 bits per heavy atom. The first-order chi connectivity index (χ1) is 13.9. The van der Waals surface area contributed by atoms with Gasteiger partial charge in [0.15, 0.2) is 5.78 Å². The van der Waals surface area contributed by atoms with Crippen LogP contribution in [0.25, 0.3) is 22.0 Å². The summed E-state index contributed by atoms with van der Waals surface area (Å²) in [6.45, 7) is 1.78. The van der Waals surface area contributed by atoms with E-state index in [0.29, 0.717) is 28.8 Å². The van der Waals surface area contributed by atoms with Crippen LogP contribution in [0.5, 0.6) is 0 Å². The van der Waals surface area contributed by atoms with Crippen LogP contribution in [-0.2, 0) is 6.18 Å². The molecule has 0 amide bonds. The highest BCUT2D eigenvalue weighted by Gasteiger charge is 2.30. The van der Waals surface area contributed by atoms with Gasteiger partial charge in [0.25, 0.3) is 0 Å². The minimum absolute atomic E-state index is 0.0716. The average Bonchev–Trinajstić information content (AvgIpc) is 2.73. The maximum atomic E-state index is 13.2. The molecule has 3 aromatic rings. The van der Waals surface area contributed by atoms with Gasteiger partial charge in [0, 0.05) is 11.8 Å². The SMILES string of the molecule is O=C(CC1CCCNC1)c1cc(-c2cccc(C(F)(F)F)c2)c2ccccc2n1. The van der Waals surface area contributed by atoms with Crippen molar-refractivity contribution >= 4 is 16.7 Å². The monoisotopic (exact) mass is 398 g/mol. The largest absolute Gasteiger partial charge is 0.416 e. The number of hydrogen-bond donors (Lipinski definition) is 1. The van der Waals surface area contributed by atoms with Crippen molar-refractivity contribution in [3.8, 4) is 11.1 Å². The second kappa shape index (κ2) is 7.95. The number of fused-ring (bicyclic) bond motifs is 1. The maximum Gasteiger partial charge on any atom is 0.416 e. The molecule has 1 saturated heterocycles. The molecule has 0 aliphatic carbocycles. The number of hydrogen-bond acceptors (Lipinski definition) is 3. The molecule has 0 bridgehead atoms. The minimum atomic E-state index is -4.43. The molecule has 1 fully saturated rings. The van der Waals surface area contributed by atoms with Crippen LogP contribution in [0.15, 0.2) is 54.6 Å². The van der Waals surface area contributed by atoms with Crippen LogP contribution in [0.2, 0.25) is 0 Å². The highest BCUT2D eigenvalue weighted by atomic mass is 19.4. The highest BCUT2D eigenvalue weighted by molar-refractivity contribution is 6.02. The van der Waals surface area contributed by atoms with E-state index in [4.69, 9.17) is 0 Å². The van der Waals surface area contributed by atoms with E-state index in [1.165, 1.54) is 6.07 Å². The Bertz CT molecular complexity index is 1040. The molecule has 1 aromatic heterocycles. The van der Waals surface area contributed by atoms with Gasteiger partial charge >= 0.3 is 6.18 Å². The predicted molar refractivity (Wildman–Crippen MR) is 107 cm³/mol. The number of carbonyl (C=O) groups excluding carboxylic acids is 1. The lowest BCUT2D eigenvalue weighted by Crippen LogP contribution is -2.31. The summed E-state index contributed by atoms with van der Waals surface area (Å²) >= 11 is 0. The number of halogens is 3. The molecule has 0 saturated carbocycles. The number of benzene rings is 2. The number of pyridine rings is 1. The van der Waals surface area contributed by atoms with Crippen LogP contribution < -0.4 is 5.32 Å². The zero-order chi connectivity index (χ0) is 20.4. The molecule has 4 rings (SSSR count). The lowest BCUT2D eigenvalue weighted by molar-refractivity contribution is -0.137. The Hall–Kier alpha value is -2.73. The van der Waals surface area contributed by atoms with Crippen molar-refractivity contribution in [3.05, 3.63) is 65.9 Å². The van der Waals surface area contributed by atoms with Gasteiger partial charge in [-0.25, -0.2) is 4.98 Å². The zero-order valence-electron chi connectivity index (χ0n) is 15.8. The molecule has 1 aliphatic heterocycles. The maximum absolute atomic E-state index is 13.2. The number of para-hydroxylation sites is 1. The Labute approximate surface area is 167 Å². The van der Waals surface area contributed by atoms with E-state index >= 15 is 0 Å². The summed E-state index contributed by atoms with van der Waals surface area (Å²) in [5.74, 6) is 0.194. The number of Topliss-reactive ketones (excluding diaryl/α,β-unsaturated/α-hetero) is 1. The first kappa shape index (κ1) is 19.6. The number of nitrogens with one attached hydrogen (secondary N) is 1. The fraction of sp³-hybridized carbons (Fsp3) is 0.304. The lowest BCUT2D eigenvalue weighted by atomic mass is 9.92. The van der Waals surface area contributed by atoms with Gasteiger partial charge in [0.05, 0.1) is 11.1 Å². The topological polar surface area (TPSA) is 42.0 Å². The first-order valence-electron chi connectivity index (χ1n) is 9.73. The van der Waals surface area contributed by atoms with E-state index in [9.17, 15) is 18.0 Å². The van der Waals surface area contributed by atoms with E-state index in [2.05, 4.69) is 10.3 Å². The summed E-state index contributed by atoms with van der Waals surface area (Å²) in [6, 6.07) is 14.1. The molecular formula is C23H21F3N2O. The van der Waals surface area contributed by atoms with Gasteiger partial charge in [-0.2, -0.15) is 13.2 Å². The average molecular weight is 398 g/mol. The van der Waals surface area contributed by atoms with Crippen molar-refractivity contribution in [2.24, 2.45) is 5.92 Å². The molecule has 2 heterocycles. The number of aromatic nitrogens is 1. The number of piperidine rings is 1. The Morgan fingerprint density at radius 2 is 1.93 bits per heavy atom. The summed E-state index contributed by atoms with van der Waals surface area (Å²) in [6.07, 6.45) is -2.00. The van der Waals surface area contributed by atoms with E-state index in [-0.39, 0.29) is 11.7 Å². The third-order valence-electron chi connectivity index (χ3n) is 5.38. The Kier molecular flexibility index (Phi) is 5.37. The molecule has 150 valence electrons. The minimum Gasteiger partial charge on any atom is -0.316 e. The van der Waals surface area contributed by atoms with E-state index in [1.54, 1.807) is 18.2 Å². The number of ketones is 1. The van der Waals surface area contributed by atoms with Crippen molar-refractivity contribution < 1.29 is 18.0 Å². The Balaban J connectivity index is 1.76. The second-order valence-corrected chi connectivity index (χ2v) is 7.49. The number of rotatable bonds is 4. The van der Waals surface area contributed by atoms with E-state index < -0.39 is 11.7 Å². The molecule has 3 nitrogen and oxygen atoms in total. The van der Waals surface area contributed by atoms with Crippen LogP contribution in [0, 0.1) is 5.92 Å². The fourth-order valence-corrected chi connectivity index (χ4v) is 3.89. The van der Waals surface area contributed by atoms with Gasteiger partial charge in [-0.1, -0.05) is 30.3 Å². The van der Waals surface area contributed by atoms with E-state index in [0.717, 1.165) is 43.5 Å². The summed E-state index contributed by atoms with van der Waals surface area (Å²) in [5, 5.41) is 4.02. The van der Waals surface area contributed by atoms with Crippen molar-refractivity contribution in [2.75, 3.05) is 13.1 Å². The molecule has 1 unspecified atom stereocenters. The van der Waals surface area contributed by atoms with Crippen LogP contribution in [0.1, 0.15) is 35.3 Å². The smallest absolute Gasteiger partial charge is 0.316 e. The van der Waals surface area contributed by atoms with Gasteiger partial charge in [-0.05, 0) is 67.2 Å². The summed E-state index contributed by atoms with van der Waals surface area (Å²) < 4.78 is 39.6. The van der Waals surface area contributed by atoms with Gasteiger partial charge in [-0.3, -0.25) is 4.79 Å².